The zero-order valence-electron chi connectivity index (χ0n) is 30.2. The molecule has 51 heavy (non-hydrogen) atoms. The highest BCUT2D eigenvalue weighted by Gasteiger charge is 2.22. The molecule has 0 spiro atoms. The summed E-state index contributed by atoms with van der Waals surface area (Å²) in [6, 6.07) is 17.4. The van der Waals surface area contributed by atoms with E-state index in [9.17, 15) is 24.3 Å². The average molecular weight is 702 g/mol. The molecule has 0 aliphatic rings. The molecule has 3 amide bonds. The van der Waals surface area contributed by atoms with Crippen molar-refractivity contribution < 1.29 is 43.2 Å². The van der Waals surface area contributed by atoms with E-state index in [1.165, 1.54) is 6.07 Å². The summed E-state index contributed by atoms with van der Waals surface area (Å²) in [5, 5.41) is 17.0. The average Bonchev–Trinajstić information content (AvgIpc) is 3.06. The minimum Gasteiger partial charge on any atom is -0.489 e. The first-order valence-electron chi connectivity index (χ1n) is 16.7. The fraction of sp³-hybridized carbons (Fsp3) is 0.385. The Balaban J connectivity index is 2.07. The monoisotopic (exact) mass is 701 g/mol. The highest BCUT2D eigenvalue weighted by molar-refractivity contribution is 6.36. The lowest BCUT2D eigenvalue weighted by atomic mass is 10.0. The van der Waals surface area contributed by atoms with Gasteiger partial charge < -0.3 is 40.0 Å². The molecule has 0 fully saturated rings. The highest BCUT2D eigenvalue weighted by atomic mass is 16.6. The lowest BCUT2D eigenvalue weighted by molar-refractivity contribution is -0.147. The summed E-state index contributed by atoms with van der Waals surface area (Å²) in [7, 11) is 0. The Bertz CT molecular complexity index is 1740. The van der Waals surface area contributed by atoms with E-state index in [0.29, 0.717) is 24.7 Å². The molecule has 3 rings (SSSR count). The van der Waals surface area contributed by atoms with Crippen molar-refractivity contribution in [2.45, 2.75) is 60.7 Å². The topological polar surface area (TPSA) is 162 Å². The van der Waals surface area contributed by atoms with Crippen molar-refractivity contribution in [2.75, 3.05) is 31.6 Å². The van der Waals surface area contributed by atoms with E-state index in [0.717, 1.165) is 5.56 Å². The second kappa shape index (κ2) is 18.9. The molecule has 272 valence electrons. The van der Waals surface area contributed by atoms with E-state index in [-0.39, 0.29) is 59.7 Å². The Labute approximate surface area is 299 Å². The van der Waals surface area contributed by atoms with Crippen LogP contribution >= 0.6 is 0 Å². The minimum absolute atomic E-state index is 0.0882. The maximum absolute atomic E-state index is 13.6. The number of alkyl carbamates (subject to hydrolysis) is 1. The van der Waals surface area contributed by atoms with Crippen LogP contribution in [-0.2, 0) is 20.9 Å². The zero-order valence-corrected chi connectivity index (χ0v) is 30.2. The number of carbonyl (C=O) groups is 4. The van der Waals surface area contributed by atoms with Crippen LogP contribution in [0.5, 0.6) is 17.2 Å². The van der Waals surface area contributed by atoms with E-state index in [2.05, 4.69) is 27.8 Å². The first kappa shape index (κ1) is 39.7. The number of rotatable bonds is 14. The van der Waals surface area contributed by atoms with Crippen molar-refractivity contribution in [2.24, 2.45) is 11.8 Å². The smallest absolute Gasteiger partial charge is 0.407 e. The molecule has 0 aromatic heterocycles. The number of benzene rings is 3. The minimum atomic E-state index is -1.67. The molecule has 4 N–H and O–H groups in total. The lowest BCUT2D eigenvalue weighted by Crippen LogP contribution is -2.38. The summed E-state index contributed by atoms with van der Waals surface area (Å²) < 4.78 is 23.5. The summed E-state index contributed by atoms with van der Waals surface area (Å²) in [5.74, 6) is 4.01. The number of carbonyl (C=O) groups excluding carboxylic acids is 3. The Morgan fingerprint density at radius 1 is 0.804 bits per heavy atom. The van der Waals surface area contributed by atoms with E-state index in [4.69, 9.17) is 18.9 Å². The van der Waals surface area contributed by atoms with Crippen LogP contribution in [0.1, 0.15) is 75.5 Å². The Hall–Kier alpha value is -5.70. The SMILES string of the molecule is CC(C)COc1ccc(C(=O)NCCNC(=O)OC(C)(C)C)c(C#Cc2cc(OCc3ccccc3)ccc2NC(=O)C(=O)O)c1OCC(C)C. The standard InChI is InChI=1S/C39H47N3O9/c1-25(2)22-49-33-18-16-31(35(43)40-19-20-41-38(47)51-39(5,6)7)30(34(33)50-23-26(3)4)15-13-28-21-29(48-24-27-11-9-8-10-12-27)14-17-32(28)42-36(44)37(45)46/h8-12,14,16-18,21,25-26H,19-20,22-24H2,1-7H3,(H,40,43)(H,41,47)(H,42,44)(H,45,46). The molecule has 0 atom stereocenters. The van der Waals surface area contributed by atoms with Crippen LogP contribution < -0.4 is 30.2 Å². The number of anilines is 1. The van der Waals surface area contributed by atoms with Crippen molar-refractivity contribution in [3.8, 4) is 29.1 Å². The van der Waals surface area contributed by atoms with Crippen molar-refractivity contribution in [1.29, 1.82) is 0 Å². The number of carboxylic acid groups (broad SMARTS) is 1. The Morgan fingerprint density at radius 2 is 1.47 bits per heavy atom. The van der Waals surface area contributed by atoms with Crippen molar-refractivity contribution in [3.05, 3.63) is 82.9 Å². The molecule has 12 nitrogen and oxygen atoms in total. The fourth-order valence-electron chi connectivity index (χ4n) is 4.26. The van der Waals surface area contributed by atoms with Gasteiger partial charge in [-0.05, 0) is 68.5 Å². The Kier molecular flexibility index (Phi) is 14.7. The molecule has 0 unspecified atom stereocenters. The van der Waals surface area contributed by atoms with Crippen LogP contribution in [0.15, 0.2) is 60.7 Å². The van der Waals surface area contributed by atoms with Gasteiger partial charge in [-0.15, -0.1) is 0 Å². The quantitative estimate of drug-likeness (QED) is 0.0896. The zero-order chi connectivity index (χ0) is 37.6. The summed E-state index contributed by atoms with van der Waals surface area (Å²) in [6.45, 7) is 14.3. The normalized spacial score (nSPS) is 10.8. The second-order valence-electron chi connectivity index (χ2n) is 13.4. The fourth-order valence-corrected chi connectivity index (χ4v) is 4.26. The van der Waals surface area contributed by atoms with E-state index < -0.39 is 29.5 Å². The van der Waals surface area contributed by atoms with E-state index in [1.807, 2.05) is 58.0 Å². The maximum atomic E-state index is 13.6. The number of carboxylic acids is 1. The third kappa shape index (κ3) is 13.6. The van der Waals surface area contributed by atoms with Crippen LogP contribution in [0.4, 0.5) is 10.5 Å². The van der Waals surface area contributed by atoms with Crippen LogP contribution in [0.3, 0.4) is 0 Å². The van der Waals surface area contributed by atoms with Gasteiger partial charge in [0.15, 0.2) is 11.5 Å². The molecule has 0 heterocycles. The van der Waals surface area contributed by atoms with Gasteiger partial charge >= 0.3 is 18.0 Å². The third-order valence-corrected chi connectivity index (χ3v) is 6.58. The molecule has 0 bridgehead atoms. The van der Waals surface area contributed by atoms with Gasteiger partial charge in [0, 0.05) is 13.1 Å². The summed E-state index contributed by atoms with van der Waals surface area (Å²) in [6.07, 6.45) is -0.611. The van der Waals surface area contributed by atoms with Gasteiger partial charge in [-0.3, -0.25) is 9.59 Å². The number of hydrogen-bond donors (Lipinski definition) is 4. The summed E-state index contributed by atoms with van der Waals surface area (Å²) in [4.78, 5) is 49.3. The first-order chi connectivity index (χ1) is 24.1. The molecular weight excluding hydrogens is 654 g/mol. The molecule has 0 aliphatic carbocycles. The maximum Gasteiger partial charge on any atom is 0.407 e. The molecular formula is C39H47N3O9. The number of amides is 3. The van der Waals surface area contributed by atoms with E-state index in [1.54, 1.807) is 45.0 Å². The lowest BCUT2D eigenvalue weighted by Gasteiger charge is -2.20. The molecule has 0 saturated carbocycles. The van der Waals surface area contributed by atoms with Crippen LogP contribution in [-0.4, -0.2) is 60.9 Å². The predicted octanol–water partition coefficient (Wildman–Crippen LogP) is 6.01. The van der Waals surface area contributed by atoms with Crippen LogP contribution in [0.2, 0.25) is 0 Å². The highest BCUT2D eigenvalue weighted by Crippen LogP contribution is 2.35. The molecule has 0 saturated heterocycles. The van der Waals surface area contributed by atoms with Gasteiger partial charge in [0.1, 0.15) is 18.0 Å². The van der Waals surface area contributed by atoms with Crippen molar-refractivity contribution in [3.63, 3.8) is 0 Å². The molecule has 12 heteroatoms. The van der Waals surface area contributed by atoms with Crippen LogP contribution in [0.25, 0.3) is 0 Å². The van der Waals surface area contributed by atoms with Gasteiger partial charge in [0.25, 0.3) is 5.91 Å². The van der Waals surface area contributed by atoms with E-state index >= 15 is 0 Å². The van der Waals surface area contributed by atoms with Crippen LogP contribution in [0, 0.1) is 23.7 Å². The first-order valence-corrected chi connectivity index (χ1v) is 16.7. The van der Waals surface area contributed by atoms with Crippen molar-refractivity contribution in [1.82, 2.24) is 10.6 Å². The summed E-state index contributed by atoms with van der Waals surface area (Å²) in [5.41, 5.74) is 0.986. The molecule has 0 radical (unpaired) electrons. The molecule has 0 aliphatic heterocycles. The second-order valence-corrected chi connectivity index (χ2v) is 13.4. The van der Waals surface area contributed by atoms with Gasteiger partial charge in [0.05, 0.1) is 35.6 Å². The number of nitrogens with one attached hydrogen (secondary N) is 3. The van der Waals surface area contributed by atoms with Crippen molar-refractivity contribution >= 4 is 29.6 Å². The van der Waals surface area contributed by atoms with Gasteiger partial charge in [-0.2, -0.15) is 0 Å². The summed E-state index contributed by atoms with van der Waals surface area (Å²) >= 11 is 0. The van der Waals surface area contributed by atoms with Gasteiger partial charge in [-0.25, -0.2) is 9.59 Å². The number of ether oxygens (including phenoxy) is 4. The number of hydrogen-bond acceptors (Lipinski definition) is 8. The van der Waals surface area contributed by atoms with Gasteiger partial charge in [-0.1, -0.05) is 69.9 Å². The Morgan fingerprint density at radius 3 is 2.12 bits per heavy atom. The third-order valence-electron chi connectivity index (χ3n) is 6.58. The molecule has 3 aromatic carbocycles. The largest absolute Gasteiger partial charge is 0.489 e. The van der Waals surface area contributed by atoms with Gasteiger partial charge in [0.2, 0.25) is 0 Å². The molecule has 3 aromatic rings. The predicted molar refractivity (Wildman–Crippen MR) is 193 cm³/mol. The number of aliphatic carboxylic acids is 1.